The van der Waals surface area contributed by atoms with Crippen LogP contribution in [0.4, 0.5) is 17.5 Å². The van der Waals surface area contributed by atoms with E-state index in [1.54, 1.807) is 11.1 Å². The normalized spacial score (nSPS) is 22.6. The largest absolute Gasteiger partial charge is 0.342 e. The first-order valence-electron chi connectivity index (χ1n) is 10.9. The van der Waals surface area contributed by atoms with Crippen LogP contribution in [0.25, 0.3) is 5.95 Å². The van der Waals surface area contributed by atoms with Gasteiger partial charge in [0.1, 0.15) is 11.7 Å². The van der Waals surface area contributed by atoms with Gasteiger partial charge in [0.05, 0.1) is 6.20 Å². The number of anilines is 3. The number of carbonyl (C=O) groups excluding carboxylic acids is 1. The van der Waals surface area contributed by atoms with Crippen molar-refractivity contribution in [2.24, 2.45) is 0 Å². The number of carbonyl (C=O) groups is 1. The molecule has 2 aromatic rings. The fraction of sp³-hybridized carbons (Fsp3) is 0.619. The molecule has 1 amide bonds. The maximum absolute atomic E-state index is 13.0. The molecule has 2 fully saturated rings. The van der Waals surface area contributed by atoms with E-state index in [4.69, 9.17) is 4.98 Å². The molecule has 2 aliphatic heterocycles. The van der Waals surface area contributed by atoms with Crippen molar-refractivity contribution in [3.63, 3.8) is 0 Å². The number of amides is 1. The lowest BCUT2D eigenvalue weighted by molar-refractivity contribution is -0.120. The van der Waals surface area contributed by atoms with E-state index >= 15 is 0 Å². The molecule has 0 N–H and O–H groups in total. The fourth-order valence-electron chi connectivity index (χ4n) is 5.09. The lowest BCUT2D eigenvalue weighted by Crippen LogP contribution is -2.55. The average molecular weight is 396 g/mol. The van der Waals surface area contributed by atoms with Gasteiger partial charge in [0.25, 0.3) is 0 Å². The van der Waals surface area contributed by atoms with Gasteiger partial charge in [-0.1, -0.05) is 19.8 Å². The smallest absolute Gasteiger partial charge is 0.249 e. The number of nitrogens with zero attached hydrogens (tertiary/aromatic N) is 7. The zero-order valence-corrected chi connectivity index (χ0v) is 17.3. The lowest BCUT2D eigenvalue weighted by atomic mass is 10.0. The maximum Gasteiger partial charge on any atom is 0.249 e. The van der Waals surface area contributed by atoms with Gasteiger partial charge >= 0.3 is 0 Å². The zero-order valence-electron chi connectivity index (χ0n) is 17.3. The van der Waals surface area contributed by atoms with Crippen LogP contribution in [0.5, 0.6) is 0 Å². The van der Waals surface area contributed by atoms with Gasteiger partial charge < -0.3 is 14.7 Å². The first-order chi connectivity index (χ1) is 14.2. The fourth-order valence-corrected chi connectivity index (χ4v) is 5.09. The molecule has 4 heterocycles. The molecule has 1 saturated heterocycles. The van der Waals surface area contributed by atoms with Gasteiger partial charge in [-0.25, -0.2) is 9.97 Å². The first-order valence-corrected chi connectivity index (χ1v) is 10.9. The molecule has 1 unspecified atom stereocenters. The van der Waals surface area contributed by atoms with Crippen LogP contribution in [0.1, 0.15) is 51.9 Å². The van der Waals surface area contributed by atoms with Crippen molar-refractivity contribution in [1.82, 2.24) is 19.5 Å². The Morgan fingerprint density at radius 3 is 2.59 bits per heavy atom. The van der Waals surface area contributed by atoms with E-state index in [0.717, 1.165) is 49.8 Å². The molecule has 154 valence electrons. The van der Waals surface area contributed by atoms with Crippen LogP contribution in [0.3, 0.4) is 0 Å². The van der Waals surface area contributed by atoms with E-state index in [0.29, 0.717) is 12.0 Å². The highest BCUT2D eigenvalue weighted by molar-refractivity contribution is 6.04. The van der Waals surface area contributed by atoms with Crippen molar-refractivity contribution in [3.05, 3.63) is 18.6 Å². The van der Waals surface area contributed by atoms with Crippen LogP contribution >= 0.6 is 0 Å². The van der Waals surface area contributed by atoms with Crippen molar-refractivity contribution < 1.29 is 4.79 Å². The SMILES string of the molecule is CCC1C(=O)N(C)c2cnc(-n3ccnc3N3CCCC3)nc2N1C1CCCC1. The van der Waals surface area contributed by atoms with Crippen LogP contribution < -0.4 is 14.7 Å². The molecule has 8 nitrogen and oxygen atoms in total. The Labute approximate surface area is 171 Å². The van der Waals surface area contributed by atoms with Crippen LogP contribution in [0.15, 0.2) is 18.6 Å². The van der Waals surface area contributed by atoms with Crippen molar-refractivity contribution >= 4 is 23.4 Å². The molecule has 5 rings (SSSR count). The molecule has 0 bridgehead atoms. The van der Waals surface area contributed by atoms with Crippen LogP contribution in [-0.4, -0.2) is 57.6 Å². The number of imidazole rings is 1. The van der Waals surface area contributed by atoms with Crippen LogP contribution in [0, 0.1) is 0 Å². The molecule has 0 radical (unpaired) electrons. The van der Waals surface area contributed by atoms with Crippen molar-refractivity contribution in [3.8, 4) is 5.95 Å². The quantitative estimate of drug-likeness (QED) is 0.793. The second-order valence-electron chi connectivity index (χ2n) is 8.34. The first kappa shape index (κ1) is 18.4. The van der Waals surface area contributed by atoms with Crippen LogP contribution in [0.2, 0.25) is 0 Å². The van der Waals surface area contributed by atoms with Gasteiger partial charge in [0.2, 0.25) is 17.8 Å². The van der Waals surface area contributed by atoms with E-state index in [1.807, 2.05) is 24.0 Å². The number of fused-ring (bicyclic) bond motifs is 1. The number of hydrogen-bond acceptors (Lipinski definition) is 6. The Bertz CT molecular complexity index is 898. The number of likely N-dealkylation sites (N-methyl/N-ethyl adjacent to an activating group) is 1. The summed E-state index contributed by atoms with van der Waals surface area (Å²) < 4.78 is 1.98. The van der Waals surface area contributed by atoms with Gasteiger partial charge in [-0.05, 0) is 32.1 Å². The highest BCUT2D eigenvalue weighted by Gasteiger charge is 2.41. The van der Waals surface area contributed by atoms with Gasteiger partial charge in [-0.3, -0.25) is 9.36 Å². The molecule has 2 aromatic heterocycles. The van der Waals surface area contributed by atoms with E-state index in [2.05, 4.69) is 26.7 Å². The highest BCUT2D eigenvalue weighted by atomic mass is 16.2. The summed E-state index contributed by atoms with van der Waals surface area (Å²) in [5.74, 6) is 2.56. The second kappa shape index (κ2) is 7.31. The standard InChI is InChI=1S/C21H29N7O/c1-3-16-19(29)25(2)17-14-23-20(24-18(17)28(16)15-8-4-5-9-15)27-13-10-22-21(27)26-11-6-7-12-26/h10,13-16H,3-9,11-12H2,1-2H3. The monoisotopic (exact) mass is 395 g/mol. The van der Waals surface area contributed by atoms with Gasteiger partial charge in [-0.2, -0.15) is 4.98 Å². The highest BCUT2D eigenvalue weighted by Crippen LogP contribution is 2.39. The molecule has 0 aromatic carbocycles. The Morgan fingerprint density at radius 1 is 1.10 bits per heavy atom. The van der Waals surface area contributed by atoms with Gasteiger partial charge in [0.15, 0.2) is 5.82 Å². The minimum atomic E-state index is -0.154. The summed E-state index contributed by atoms with van der Waals surface area (Å²) in [6.07, 6.45) is 13.4. The van der Waals surface area contributed by atoms with Crippen molar-refractivity contribution in [1.29, 1.82) is 0 Å². The molecule has 0 spiro atoms. The lowest BCUT2D eigenvalue weighted by Gasteiger charge is -2.43. The van der Waals surface area contributed by atoms with Crippen molar-refractivity contribution in [2.45, 2.75) is 64.0 Å². The average Bonchev–Trinajstić information content (AvgIpc) is 3.51. The summed E-state index contributed by atoms with van der Waals surface area (Å²) >= 11 is 0. The minimum Gasteiger partial charge on any atom is -0.342 e. The third kappa shape index (κ3) is 2.96. The molecular formula is C21H29N7O. The second-order valence-corrected chi connectivity index (χ2v) is 8.34. The predicted octanol–water partition coefficient (Wildman–Crippen LogP) is 2.77. The summed E-state index contributed by atoms with van der Waals surface area (Å²) in [5.41, 5.74) is 0.804. The Morgan fingerprint density at radius 2 is 1.86 bits per heavy atom. The number of aromatic nitrogens is 4. The van der Waals surface area contributed by atoms with E-state index < -0.39 is 0 Å². The minimum absolute atomic E-state index is 0.142. The third-order valence-corrected chi connectivity index (χ3v) is 6.63. The molecule has 1 saturated carbocycles. The Hall–Kier alpha value is -2.64. The van der Waals surface area contributed by atoms with Gasteiger partial charge in [-0.15, -0.1) is 0 Å². The summed E-state index contributed by atoms with van der Waals surface area (Å²) in [6, 6.07) is 0.221. The topological polar surface area (TPSA) is 70.4 Å². The van der Waals surface area contributed by atoms with E-state index in [-0.39, 0.29) is 11.9 Å². The summed E-state index contributed by atoms with van der Waals surface area (Å²) in [7, 11) is 1.84. The number of hydrogen-bond donors (Lipinski definition) is 0. The summed E-state index contributed by atoms with van der Waals surface area (Å²) in [6.45, 7) is 4.13. The van der Waals surface area contributed by atoms with E-state index in [9.17, 15) is 4.79 Å². The molecule has 8 heteroatoms. The summed E-state index contributed by atoms with van der Waals surface area (Å²) in [5, 5.41) is 0. The summed E-state index contributed by atoms with van der Waals surface area (Å²) in [4.78, 5) is 33.6. The third-order valence-electron chi connectivity index (χ3n) is 6.63. The van der Waals surface area contributed by atoms with Crippen molar-refractivity contribution in [2.75, 3.05) is 34.8 Å². The predicted molar refractivity (Wildman–Crippen MR) is 113 cm³/mol. The number of rotatable bonds is 4. The van der Waals surface area contributed by atoms with Gasteiger partial charge in [0, 0.05) is 38.6 Å². The Balaban J connectivity index is 1.60. The molecular weight excluding hydrogens is 366 g/mol. The molecule has 29 heavy (non-hydrogen) atoms. The van der Waals surface area contributed by atoms with Crippen LogP contribution in [-0.2, 0) is 4.79 Å². The molecule has 1 atom stereocenters. The Kier molecular flexibility index (Phi) is 4.64. The zero-order chi connectivity index (χ0) is 20.0. The molecule has 3 aliphatic rings. The van der Waals surface area contributed by atoms with E-state index in [1.165, 1.54) is 25.7 Å². The molecule has 1 aliphatic carbocycles. The maximum atomic E-state index is 13.0.